The third kappa shape index (κ3) is 1.95. The molecule has 4 heteroatoms. The van der Waals surface area contributed by atoms with Gasteiger partial charge in [0.15, 0.2) is 5.78 Å². The highest BCUT2D eigenvalue weighted by molar-refractivity contribution is 6.00. The van der Waals surface area contributed by atoms with E-state index in [9.17, 15) is 9.18 Å². The van der Waals surface area contributed by atoms with Gasteiger partial charge in [0.2, 0.25) is 0 Å². The number of Topliss-reactive ketones (excluding diaryl/α,β-unsaturated/α-hetero) is 1. The highest BCUT2D eigenvalue weighted by atomic mass is 19.1. The molecule has 0 aromatic heterocycles. The molecule has 1 atom stereocenters. The van der Waals surface area contributed by atoms with Gasteiger partial charge in [0.25, 0.3) is 0 Å². The Kier molecular flexibility index (Phi) is 2.71. The molecule has 0 radical (unpaired) electrons. The minimum Gasteiger partial charge on any atom is -0.321 e. The van der Waals surface area contributed by atoms with Crippen molar-refractivity contribution in [3.63, 3.8) is 0 Å². The van der Waals surface area contributed by atoms with Gasteiger partial charge in [-0.2, -0.15) is 5.26 Å². The van der Waals surface area contributed by atoms with E-state index < -0.39 is 11.9 Å². The molecule has 0 aliphatic heterocycles. The zero-order valence-corrected chi connectivity index (χ0v) is 8.61. The molecule has 82 valence electrons. The normalized spacial score (nSPS) is 16.6. The predicted octanol–water partition coefficient (Wildman–Crippen LogP) is 1.62. The Morgan fingerprint density at radius 3 is 2.75 bits per heavy atom. The molecule has 0 heterocycles. The summed E-state index contributed by atoms with van der Waals surface area (Å²) in [6.45, 7) is 0. The van der Waals surface area contributed by atoms with E-state index in [0.717, 1.165) is 18.9 Å². The Labute approximate surface area is 92.7 Å². The van der Waals surface area contributed by atoms with Crippen LogP contribution in [0, 0.1) is 23.1 Å². The molecule has 16 heavy (non-hydrogen) atoms. The van der Waals surface area contributed by atoms with Crippen LogP contribution >= 0.6 is 0 Å². The fourth-order valence-corrected chi connectivity index (χ4v) is 1.62. The average Bonchev–Trinajstić information content (AvgIpc) is 3.11. The van der Waals surface area contributed by atoms with Crippen molar-refractivity contribution >= 4 is 5.78 Å². The van der Waals surface area contributed by atoms with Gasteiger partial charge in [-0.3, -0.25) is 4.79 Å². The van der Waals surface area contributed by atoms with Gasteiger partial charge < -0.3 is 5.73 Å². The predicted molar refractivity (Wildman–Crippen MR) is 56.1 cm³/mol. The van der Waals surface area contributed by atoms with E-state index in [0.29, 0.717) is 0 Å². The summed E-state index contributed by atoms with van der Waals surface area (Å²) in [5.74, 6) is -0.673. The van der Waals surface area contributed by atoms with Crippen LogP contribution in [-0.2, 0) is 0 Å². The molecule has 1 saturated carbocycles. The number of hydrogen-bond donors (Lipinski definition) is 1. The molecule has 0 saturated heterocycles. The summed E-state index contributed by atoms with van der Waals surface area (Å²) in [6.07, 6.45) is 1.93. The van der Waals surface area contributed by atoms with Crippen LogP contribution in [0.2, 0.25) is 0 Å². The minimum atomic E-state index is -0.670. The molecule has 1 aromatic carbocycles. The second-order valence-corrected chi connectivity index (χ2v) is 4.03. The monoisotopic (exact) mass is 218 g/mol. The number of nitriles is 1. The van der Waals surface area contributed by atoms with Crippen LogP contribution in [0.4, 0.5) is 4.39 Å². The van der Waals surface area contributed by atoms with Crippen LogP contribution in [0.5, 0.6) is 0 Å². The van der Waals surface area contributed by atoms with E-state index in [1.165, 1.54) is 12.1 Å². The highest BCUT2D eigenvalue weighted by Crippen LogP contribution is 2.32. The summed E-state index contributed by atoms with van der Waals surface area (Å²) in [5, 5.41) is 8.56. The molecule has 2 rings (SSSR count). The molecule has 1 unspecified atom stereocenters. The Morgan fingerprint density at radius 1 is 1.56 bits per heavy atom. The number of ketones is 1. The van der Waals surface area contributed by atoms with Gasteiger partial charge in [-0.25, -0.2) is 4.39 Å². The molecule has 3 nitrogen and oxygen atoms in total. The van der Waals surface area contributed by atoms with Crippen molar-refractivity contribution in [3.8, 4) is 6.07 Å². The van der Waals surface area contributed by atoms with Gasteiger partial charge in [-0.05, 0) is 37.0 Å². The van der Waals surface area contributed by atoms with Gasteiger partial charge in [0.05, 0.1) is 11.6 Å². The zero-order chi connectivity index (χ0) is 11.7. The highest BCUT2D eigenvalue weighted by Gasteiger charge is 2.33. The first-order chi connectivity index (χ1) is 7.63. The second-order valence-electron chi connectivity index (χ2n) is 4.03. The van der Waals surface area contributed by atoms with Crippen LogP contribution in [0.3, 0.4) is 0 Å². The van der Waals surface area contributed by atoms with Crippen molar-refractivity contribution in [2.75, 3.05) is 0 Å². The van der Waals surface area contributed by atoms with Crippen molar-refractivity contribution < 1.29 is 9.18 Å². The van der Waals surface area contributed by atoms with E-state index in [-0.39, 0.29) is 22.8 Å². The smallest absolute Gasteiger partial charge is 0.179 e. The molecule has 1 fully saturated rings. The third-order valence-electron chi connectivity index (χ3n) is 2.81. The summed E-state index contributed by atoms with van der Waals surface area (Å²) >= 11 is 0. The molecule has 1 aliphatic rings. The number of carbonyl (C=O) groups excluding carboxylic acids is 1. The molecule has 0 amide bonds. The molecule has 0 spiro atoms. The maximum atomic E-state index is 13.3. The first-order valence-electron chi connectivity index (χ1n) is 5.13. The van der Waals surface area contributed by atoms with Crippen LogP contribution in [0.1, 0.15) is 28.8 Å². The molecule has 2 N–H and O–H groups in total. The van der Waals surface area contributed by atoms with E-state index >= 15 is 0 Å². The fourth-order valence-electron chi connectivity index (χ4n) is 1.62. The molecule has 1 aliphatic carbocycles. The van der Waals surface area contributed by atoms with Gasteiger partial charge in [-0.1, -0.05) is 0 Å². The molecule has 1 aromatic rings. The van der Waals surface area contributed by atoms with Crippen molar-refractivity contribution in [1.29, 1.82) is 5.26 Å². The number of nitrogens with two attached hydrogens (primary N) is 1. The lowest BCUT2D eigenvalue weighted by Crippen LogP contribution is -2.32. The third-order valence-corrected chi connectivity index (χ3v) is 2.81. The lowest BCUT2D eigenvalue weighted by Gasteiger charge is -2.09. The quantitative estimate of drug-likeness (QED) is 0.784. The first kappa shape index (κ1) is 10.8. The summed E-state index contributed by atoms with van der Waals surface area (Å²) in [6, 6.07) is 5.02. The van der Waals surface area contributed by atoms with Crippen LogP contribution in [0.25, 0.3) is 0 Å². The fraction of sp³-hybridized carbons (Fsp3) is 0.333. The van der Waals surface area contributed by atoms with Crippen LogP contribution < -0.4 is 5.73 Å². The van der Waals surface area contributed by atoms with Crippen molar-refractivity contribution in [1.82, 2.24) is 0 Å². The van der Waals surface area contributed by atoms with Crippen LogP contribution in [-0.4, -0.2) is 11.8 Å². The zero-order valence-electron chi connectivity index (χ0n) is 8.61. The Hall–Kier alpha value is -1.73. The lowest BCUT2D eigenvalue weighted by molar-refractivity contribution is 0.0951. The van der Waals surface area contributed by atoms with Crippen LogP contribution in [0.15, 0.2) is 18.2 Å². The number of carbonyl (C=O) groups is 1. The summed E-state index contributed by atoms with van der Waals surface area (Å²) < 4.78 is 13.3. The largest absolute Gasteiger partial charge is 0.321 e. The Balaban J connectivity index is 2.24. The van der Waals surface area contributed by atoms with Gasteiger partial charge >= 0.3 is 0 Å². The minimum absolute atomic E-state index is 0.0588. The van der Waals surface area contributed by atoms with Gasteiger partial charge in [-0.15, -0.1) is 0 Å². The van der Waals surface area contributed by atoms with E-state index in [1.54, 1.807) is 6.07 Å². The summed E-state index contributed by atoms with van der Waals surface area (Å²) in [4.78, 5) is 11.8. The SMILES string of the molecule is N#Cc1ccc(C(=O)C(N)C2CC2)cc1F. The Bertz CT molecular complexity index is 474. The molecule has 0 bridgehead atoms. The number of halogens is 1. The topological polar surface area (TPSA) is 66.9 Å². The van der Waals surface area contributed by atoms with Gasteiger partial charge in [0.1, 0.15) is 11.9 Å². The maximum Gasteiger partial charge on any atom is 0.179 e. The first-order valence-corrected chi connectivity index (χ1v) is 5.13. The number of hydrogen-bond acceptors (Lipinski definition) is 3. The summed E-state index contributed by atoms with van der Waals surface area (Å²) in [7, 11) is 0. The summed E-state index contributed by atoms with van der Waals surface area (Å²) in [5.41, 5.74) is 5.93. The lowest BCUT2D eigenvalue weighted by atomic mass is 10.00. The Morgan fingerprint density at radius 2 is 2.25 bits per heavy atom. The van der Waals surface area contributed by atoms with Crippen molar-refractivity contribution in [2.45, 2.75) is 18.9 Å². The van der Waals surface area contributed by atoms with E-state index in [2.05, 4.69) is 0 Å². The second kappa shape index (κ2) is 4.03. The average molecular weight is 218 g/mol. The van der Waals surface area contributed by atoms with Gasteiger partial charge in [0, 0.05) is 5.56 Å². The number of rotatable bonds is 3. The molecular weight excluding hydrogens is 207 g/mol. The standard InChI is InChI=1S/C12H11FN2O/c13-10-5-8(3-4-9(10)6-14)12(16)11(15)7-1-2-7/h3-5,7,11H,1-2,15H2. The number of benzene rings is 1. The van der Waals surface area contributed by atoms with Crippen molar-refractivity contribution in [3.05, 3.63) is 35.1 Å². The van der Waals surface area contributed by atoms with E-state index in [4.69, 9.17) is 11.0 Å². The molecular formula is C12H11FN2O. The van der Waals surface area contributed by atoms with Crippen molar-refractivity contribution in [2.24, 2.45) is 11.7 Å². The maximum absolute atomic E-state index is 13.3. The van der Waals surface area contributed by atoms with E-state index in [1.807, 2.05) is 0 Å². The number of nitrogens with zero attached hydrogens (tertiary/aromatic N) is 1.